The van der Waals surface area contributed by atoms with Crippen molar-refractivity contribution < 1.29 is 9.53 Å². The van der Waals surface area contributed by atoms with E-state index in [4.69, 9.17) is 10.5 Å². The molecule has 4 nitrogen and oxygen atoms in total. The second-order valence-corrected chi connectivity index (χ2v) is 6.31. The first-order valence-electron chi connectivity index (χ1n) is 8.09. The third-order valence-corrected chi connectivity index (χ3v) is 5.06. The van der Waals surface area contributed by atoms with Crippen LogP contribution in [0.2, 0.25) is 0 Å². The predicted octanol–water partition coefficient (Wildman–Crippen LogP) is 3.03. The van der Waals surface area contributed by atoms with Crippen LogP contribution in [-0.4, -0.2) is 30.2 Å². The standard InChI is InChI=1S/C16H32N2O2.ClH/c1-6-10-15(5,17)14(19)18-12-11-13(20-9-4)16(12,7-2)8-3;/h12-13H,6-11,17H2,1-5H3,(H,18,19);1H. The van der Waals surface area contributed by atoms with Gasteiger partial charge >= 0.3 is 0 Å². The minimum atomic E-state index is -0.765. The molecule has 3 atom stereocenters. The van der Waals surface area contributed by atoms with Gasteiger partial charge in [-0.15, -0.1) is 12.4 Å². The van der Waals surface area contributed by atoms with E-state index < -0.39 is 5.54 Å². The molecule has 0 saturated heterocycles. The Labute approximate surface area is 136 Å². The lowest BCUT2D eigenvalue weighted by Gasteiger charge is -2.55. The van der Waals surface area contributed by atoms with Crippen molar-refractivity contribution in [3.8, 4) is 0 Å². The van der Waals surface area contributed by atoms with Gasteiger partial charge in [-0.25, -0.2) is 0 Å². The number of rotatable bonds is 8. The molecular weight excluding hydrogens is 288 g/mol. The highest BCUT2D eigenvalue weighted by Crippen LogP contribution is 2.49. The van der Waals surface area contributed by atoms with E-state index in [2.05, 4.69) is 26.1 Å². The lowest BCUT2D eigenvalue weighted by Crippen LogP contribution is -2.67. The highest BCUT2D eigenvalue weighted by atomic mass is 35.5. The summed E-state index contributed by atoms with van der Waals surface area (Å²) in [5.41, 5.74) is 5.43. The van der Waals surface area contributed by atoms with Crippen molar-refractivity contribution >= 4 is 18.3 Å². The molecule has 1 amide bonds. The number of hydrogen-bond acceptors (Lipinski definition) is 3. The molecule has 3 N–H and O–H groups in total. The van der Waals surface area contributed by atoms with Gasteiger partial charge in [0.1, 0.15) is 0 Å². The van der Waals surface area contributed by atoms with E-state index in [0.29, 0.717) is 6.42 Å². The van der Waals surface area contributed by atoms with Gasteiger partial charge in [0, 0.05) is 18.1 Å². The molecule has 3 unspecified atom stereocenters. The van der Waals surface area contributed by atoms with Crippen molar-refractivity contribution in [3.05, 3.63) is 0 Å². The molecule has 0 bridgehead atoms. The van der Waals surface area contributed by atoms with E-state index >= 15 is 0 Å². The monoisotopic (exact) mass is 320 g/mol. The van der Waals surface area contributed by atoms with Gasteiger partial charge in [0.05, 0.1) is 11.6 Å². The highest BCUT2D eigenvalue weighted by Gasteiger charge is 2.54. The Kier molecular flexibility index (Phi) is 8.22. The topological polar surface area (TPSA) is 64.4 Å². The quantitative estimate of drug-likeness (QED) is 0.722. The fourth-order valence-corrected chi connectivity index (χ4v) is 3.54. The van der Waals surface area contributed by atoms with Crippen LogP contribution in [0.25, 0.3) is 0 Å². The first kappa shape index (κ1) is 20.7. The van der Waals surface area contributed by atoms with Gasteiger partial charge in [0.15, 0.2) is 0 Å². The van der Waals surface area contributed by atoms with Crippen molar-refractivity contribution in [3.63, 3.8) is 0 Å². The van der Waals surface area contributed by atoms with Gasteiger partial charge in [-0.05, 0) is 39.5 Å². The third kappa shape index (κ3) is 4.11. The minimum absolute atomic E-state index is 0. The van der Waals surface area contributed by atoms with Crippen LogP contribution in [0, 0.1) is 5.41 Å². The second-order valence-electron chi connectivity index (χ2n) is 6.31. The number of ether oxygens (including phenoxy) is 1. The van der Waals surface area contributed by atoms with E-state index in [9.17, 15) is 4.79 Å². The zero-order valence-corrected chi connectivity index (χ0v) is 15.0. The summed E-state index contributed by atoms with van der Waals surface area (Å²) in [4.78, 5) is 12.4. The van der Waals surface area contributed by atoms with Crippen LogP contribution in [-0.2, 0) is 9.53 Å². The van der Waals surface area contributed by atoms with Crippen LogP contribution < -0.4 is 11.1 Å². The Morgan fingerprint density at radius 2 is 1.90 bits per heavy atom. The van der Waals surface area contributed by atoms with Gasteiger partial charge in [-0.1, -0.05) is 27.2 Å². The van der Waals surface area contributed by atoms with E-state index in [1.54, 1.807) is 0 Å². The van der Waals surface area contributed by atoms with Crippen molar-refractivity contribution in [1.29, 1.82) is 0 Å². The number of nitrogens with one attached hydrogen (secondary N) is 1. The predicted molar refractivity (Wildman–Crippen MR) is 89.7 cm³/mol. The number of halogens is 1. The summed E-state index contributed by atoms with van der Waals surface area (Å²) in [6.45, 7) is 11.0. The minimum Gasteiger partial charge on any atom is -0.378 e. The van der Waals surface area contributed by atoms with Gasteiger partial charge in [-0.3, -0.25) is 4.79 Å². The molecule has 21 heavy (non-hydrogen) atoms. The van der Waals surface area contributed by atoms with Crippen LogP contribution >= 0.6 is 12.4 Å². The summed E-state index contributed by atoms with van der Waals surface area (Å²) < 4.78 is 5.84. The van der Waals surface area contributed by atoms with Gasteiger partial charge < -0.3 is 15.8 Å². The molecule has 0 heterocycles. The Bertz CT molecular complexity index is 330. The van der Waals surface area contributed by atoms with Crippen molar-refractivity contribution in [2.45, 2.75) is 84.4 Å². The van der Waals surface area contributed by atoms with Crippen LogP contribution in [0.4, 0.5) is 0 Å². The number of nitrogens with two attached hydrogens (primary N) is 1. The zero-order valence-electron chi connectivity index (χ0n) is 14.2. The second kappa shape index (κ2) is 8.35. The molecule has 1 fully saturated rings. The average Bonchev–Trinajstić information content (AvgIpc) is 2.38. The van der Waals surface area contributed by atoms with Crippen LogP contribution in [0.15, 0.2) is 0 Å². The summed E-state index contributed by atoms with van der Waals surface area (Å²) in [6, 6.07) is 0.196. The summed E-state index contributed by atoms with van der Waals surface area (Å²) >= 11 is 0. The molecule has 1 aliphatic rings. The fourth-order valence-electron chi connectivity index (χ4n) is 3.54. The van der Waals surface area contributed by atoms with E-state index in [1.165, 1.54) is 0 Å². The maximum atomic E-state index is 12.4. The number of carbonyl (C=O) groups excluding carboxylic acids is 1. The van der Waals surface area contributed by atoms with E-state index in [1.807, 2.05) is 13.8 Å². The lowest BCUT2D eigenvalue weighted by molar-refractivity contribution is -0.151. The Morgan fingerprint density at radius 3 is 2.33 bits per heavy atom. The molecule has 0 aliphatic heterocycles. The van der Waals surface area contributed by atoms with Crippen LogP contribution in [0.5, 0.6) is 0 Å². The zero-order chi connectivity index (χ0) is 15.4. The molecule has 126 valence electrons. The van der Waals surface area contributed by atoms with Gasteiger partial charge in [0.25, 0.3) is 0 Å². The Balaban J connectivity index is 0.00000400. The van der Waals surface area contributed by atoms with E-state index in [0.717, 1.165) is 32.3 Å². The molecule has 0 radical (unpaired) electrons. The summed E-state index contributed by atoms with van der Waals surface area (Å²) in [5.74, 6) is -0.0226. The number of carbonyl (C=O) groups is 1. The van der Waals surface area contributed by atoms with Gasteiger partial charge in [-0.2, -0.15) is 0 Å². The first-order valence-corrected chi connectivity index (χ1v) is 8.09. The van der Waals surface area contributed by atoms with Crippen molar-refractivity contribution in [2.75, 3.05) is 6.61 Å². The molecule has 5 heteroatoms. The molecule has 0 spiro atoms. The smallest absolute Gasteiger partial charge is 0.240 e. The largest absolute Gasteiger partial charge is 0.378 e. The summed E-state index contributed by atoms with van der Waals surface area (Å²) in [6.07, 6.45) is 4.85. The molecule has 1 aliphatic carbocycles. The molecule has 0 aromatic rings. The Hall–Kier alpha value is -0.320. The van der Waals surface area contributed by atoms with Crippen LogP contribution in [0.1, 0.15) is 66.7 Å². The van der Waals surface area contributed by atoms with Crippen molar-refractivity contribution in [2.24, 2.45) is 11.1 Å². The van der Waals surface area contributed by atoms with Crippen molar-refractivity contribution in [1.82, 2.24) is 5.32 Å². The summed E-state index contributed by atoms with van der Waals surface area (Å²) in [7, 11) is 0. The lowest BCUT2D eigenvalue weighted by atomic mass is 9.58. The maximum Gasteiger partial charge on any atom is 0.240 e. The first-order chi connectivity index (χ1) is 9.37. The summed E-state index contributed by atoms with van der Waals surface area (Å²) in [5, 5.41) is 3.18. The average molecular weight is 321 g/mol. The van der Waals surface area contributed by atoms with E-state index in [-0.39, 0.29) is 35.9 Å². The molecule has 1 saturated carbocycles. The fraction of sp³-hybridized carbons (Fsp3) is 0.938. The molecule has 0 aromatic heterocycles. The van der Waals surface area contributed by atoms with Gasteiger partial charge in [0.2, 0.25) is 5.91 Å². The third-order valence-electron chi connectivity index (χ3n) is 5.06. The maximum absolute atomic E-state index is 12.4. The number of amides is 1. The van der Waals surface area contributed by atoms with Crippen LogP contribution in [0.3, 0.4) is 0 Å². The highest BCUT2D eigenvalue weighted by molar-refractivity contribution is 5.86. The SMILES string of the molecule is CCCC(C)(N)C(=O)NC1CC(OCC)C1(CC)CC.Cl. The normalized spacial score (nSPS) is 26.2. The molecule has 0 aromatic carbocycles. The number of hydrogen-bond donors (Lipinski definition) is 2. The Morgan fingerprint density at radius 1 is 1.33 bits per heavy atom. The molecular formula is C16H33ClN2O2. The molecule has 1 rings (SSSR count).